The molecule has 4 aromatic rings. The summed E-state index contributed by atoms with van der Waals surface area (Å²) >= 11 is 0. The monoisotopic (exact) mass is 547 g/mol. The summed E-state index contributed by atoms with van der Waals surface area (Å²) in [5.74, 6) is 0.638. The van der Waals surface area contributed by atoms with E-state index in [1.807, 2.05) is 85.5 Å². The van der Waals surface area contributed by atoms with Crippen LogP contribution in [0, 0.1) is 25.2 Å². The number of carbonyl (C=O) groups is 1. The van der Waals surface area contributed by atoms with E-state index < -0.39 is 11.6 Å². The molecule has 0 fully saturated rings. The lowest BCUT2D eigenvalue weighted by atomic mass is 9.77. The summed E-state index contributed by atoms with van der Waals surface area (Å²) in [5, 5.41) is 32.3. The number of aliphatic hydroxyl groups excluding tert-OH is 2. The zero-order chi connectivity index (χ0) is 28.7. The summed E-state index contributed by atoms with van der Waals surface area (Å²) < 4.78 is 12.8. The van der Waals surface area contributed by atoms with Crippen molar-refractivity contribution in [2.75, 3.05) is 36.5 Å². The maximum Gasteiger partial charge on any atom is 0.340 e. The van der Waals surface area contributed by atoms with Gasteiger partial charge in [0.15, 0.2) is 5.60 Å². The van der Waals surface area contributed by atoms with Gasteiger partial charge in [0.05, 0.1) is 30.0 Å². The second-order valence-corrected chi connectivity index (χ2v) is 10.3. The molecule has 1 unspecified atom stereocenters. The van der Waals surface area contributed by atoms with E-state index in [4.69, 9.17) is 9.47 Å². The second kappa shape index (κ2) is 10.3. The standard InChI is InChI=1S/C33H29N3O5/c1-20-7-10-28(22(15-20)19-34)35-29-18-27-30(16-21(29)2)40-31-17-23(36(11-13-37)12-14-38)8-9-26(31)33(27)25-6-4-3-5-24(25)32(39)41-33/h3-10,15-18,35,37-38H,11-14H2,1-2H3. The van der Waals surface area contributed by atoms with Gasteiger partial charge in [0.2, 0.25) is 0 Å². The molecule has 2 heterocycles. The van der Waals surface area contributed by atoms with Gasteiger partial charge in [-0.2, -0.15) is 5.26 Å². The van der Waals surface area contributed by atoms with Crippen molar-refractivity contribution in [3.8, 4) is 17.6 Å². The van der Waals surface area contributed by atoms with Crippen LogP contribution in [0.4, 0.5) is 17.1 Å². The first kappa shape index (κ1) is 26.4. The lowest BCUT2D eigenvalue weighted by Gasteiger charge is -2.38. The number of nitrogens with one attached hydrogen (secondary N) is 1. The molecule has 0 saturated carbocycles. The Hall–Kier alpha value is -4.84. The van der Waals surface area contributed by atoms with E-state index in [1.165, 1.54) is 0 Å². The summed E-state index contributed by atoms with van der Waals surface area (Å²) in [4.78, 5) is 15.2. The topological polar surface area (TPSA) is 115 Å². The van der Waals surface area contributed by atoms with E-state index in [9.17, 15) is 20.3 Å². The molecule has 206 valence electrons. The van der Waals surface area contributed by atoms with Gasteiger partial charge in [-0.05, 0) is 67.4 Å². The van der Waals surface area contributed by atoms with E-state index in [0.717, 1.165) is 22.5 Å². The van der Waals surface area contributed by atoms with Crippen LogP contribution in [-0.2, 0) is 10.3 Å². The van der Waals surface area contributed by atoms with Crippen LogP contribution in [0.25, 0.3) is 0 Å². The largest absolute Gasteiger partial charge is 0.456 e. The Bertz CT molecular complexity index is 1720. The van der Waals surface area contributed by atoms with E-state index >= 15 is 0 Å². The molecular weight excluding hydrogens is 518 g/mol. The summed E-state index contributed by atoms with van der Waals surface area (Å²) in [5.41, 5.74) is 5.86. The van der Waals surface area contributed by atoms with Crippen LogP contribution < -0.4 is 15.0 Å². The number of hydrogen-bond acceptors (Lipinski definition) is 8. The number of nitriles is 1. The van der Waals surface area contributed by atoms with Crippen LogP contribution in [0.5, 0.6) is 11.5 Å². The molecule has 0 aliphatic carbocycles. The zero-order valence-corrected chi connectivity index (χ0v) is 22.8. The number of aryl methyl sites for hydroxylation is 2. The van der Waals surface area contributed by atoms with Crippen LogP contribution in [-0.4, -0.2) is 42.5 Å². The van der Waals surface area contributed by atoms with Gasteiger partial charge in [-0.15, -0.1) is 0 Å². The lowest BCUT2D eigenvalue weighted by molar-refractivity contribution is 0.0224. The summed E-state index contributed by atoms with van der Waals surface area (Å²) in [6, 6.07) is 24.7. The van der Waals surface area contributed by atoms with Gasteiger partial charge in [0.25, 0.3) is 0 Å². The third kappa shape index (κ3) is 4.27. The van der Waals surface area contributed by atoms with Gasteiger partial charge in [0.1, 0.15) is 17.6 Å². The average molecular weight is 548 g/mol. The van der Waals surface area contributed by atoms with E-state index in [-0.39, 0.29) is 13.2 Å². The number of benzene rings is 4. The Morgan fingerprint density at radius 2 is 1.63 bits per heavy atom. The first-order valence-corrected chi connectivity index (χ1v) is 13.4. The van der Waals surface area contributed by atoms with Gasteiger partial charge in [0, 0.05) is 47.2 Å². The minimum Gasteiger partial charge on any atom is -0.456 e. The Balaban J connectivity index is 1.54. The van der Waals surface area contributed by atoms with Crippen molar-refractivity contribution in [3.05, 3.63) is 112 Å². The molecule has 0 amide bonds. The molecular formula is C33H29N3O5. The first-order valence-electron chi connectivity index (χ1n) is 13.4. The average Bonchev–Trinajstić information content (AvgIpc) is 3.27. The predicted molar refractivity (Wildman–Crippen MR) is 155 cm³/mol. The number of fused-ring (bicyclic) bond motifs is 6. The summed E-state index contributed by atoms with van der Waals surface area (Å²) in [7, 11) is 0. The number of ether oxygens (including phenoxy) is 2. The number of esters is 1. The number of hydrogen-bond donors (Lipinski definition) is 3. The van der Waals surface area contributed by atoms with Gasteiger partial charge < -0.3 is 29.9 Å². The smallest absolute Gasteiger partial charge is 0.340 e. The van der Waals surface area contributed by atoms with E-state index in [2.05, 4.69) is 11.4 Å². The fraction of sp³-hybridized carbons (Fsp3) is 0.212. The highest BCUT2D eigenvalue weighted by Crippen LogP contribution is 2.57. The van der Waals surface area contributed by atoms with Crippen LogP contribution in [0.3, 0.4) is 0 Å². The highest BCUT2D eigenvalue weighted by Gasteiger charge is 2.53. The maximum atomic E-state index is 13.3. The van der Waals surface area contributed by atoms with Crippen LogP contribution in [0.15, 0.2) is 72.8 Å². The Kier molecular flexibility index (Phi) is 6.62. The normalized spacial score (nSPS) is 16.2. The highest BCUT2D eigenvalue weighted by atomic mass is 16.6. The number of anilines is 3. The van der Waals surface area contributed by atoms with E-state index in [0.29, 0.717) is 58.1 Å². The first-order chi connectivity index (χ1) is 19.9. The fourth-order valence-electron chi connectivity index (χ4n) is 5.76. The summed E-state index contributed by atoms with van der Waals surface area (Å²) in [6.07, 6.45) is 0. The Labute approximate surface area is 238 Å². The van der Waals surface area contributed by atoms with Crippen molar-refractivity contribution in [1.82, 2.24) is 0 Å². The molecule has 1 spiro atoms. The van der Waals surface area contributed by atoms with Crippen molar-refractivity contribution in [3.63, 3.8) is 0 Å². The van der Waals surface area contributed by atoms with Crippen molar-refractivity contribution < 1.29 is 24.5 Å². The molecule has 2 aliphatic heterocycles. The van der Waals surface area contributed by atoms with Crippen LogP contribution in [0.2, 0.25) is 0 Å². The fourth-order valence-corrected chi connectivity index (χ4v) is 5.76. The highest BCUT2D eigenvalue weighted by molar-refractivity contribution is 5.97. The van der Waals surface area contributed by atoms with E-state index in [1.54, 1.807) is 6.07 Å². The molecule has 0 bridgehead atoms. The predicted octanol–water partition coefficient (Wildman–Crippen LogP) is 5.28. The number of rotatable bonds is 7. The van der Waals surface area contributed by atoms with Crippen LogP contribution in [0.1, 0.15) is 43.7 Å². The molecule has 0 saturated heterocycles. The van der Waals surface area contributed by atoms with Crippen LogP contribution >= 0.6 is 0 Å². The molecule has 41 heavy (non-hydrogen) atoms. The van der Waals surface area contributed by atoms with Crippen molar-refractivity contribution in [2.45, 2.75) is 19.4 Å². The van der Waals surface area contributed by atoms with Gasteiger partial charge in [-0.3, -0.25) is 0 Å². The van der Waals surface area contributed by atoms with Gasteiger partial charge in [-0.25, -0.2) is 4.79 Å². The molecule has 3 N–H and O–H groups in total. The minimum absolute atomic E-state index is 0.0703. The zero-order valence-electron chi connectivity index (χ0n) is 22.8. The lowest BCUT2D eigenvalue weighted by Crippen LogP contribution is -2.34. The Morgan fingerprint density at radius 3 is 2.39 bits per heavy atom. The number of carbonyl (C=O) groups excluding carboxylic acids is 1. The van der Waals surface area contributed by atoms with Gasteiger partial charge in [-0.1, -0.05) is 24.3 Å². The van der Waals surface area contributed by atoms with Crippen molar-refractivity contribution in [1.29, 1.82) is 5.26 Å². The summed E-state index contributed by atoms with van der Waals surface area (Å²) in [6.45, 7) is 4.44. The molecule has 0 aromatic heterocycles. The Morgan fingerprint density at radius 1 is 0.878 bits per heavy atom. The molecule has 1 atom stereocenters. The quantitative estimate of drug-likeness (QED) is 0.268. The molecule has 0 radical (unpaired) electrons. The number of nitrogens with zero attached hydrogens (tertiary/aromatic N) is 2. The van der Waals surface area contributed by atoms with Crippen molar-refractivity contribution >= 4 is 23.0 Å². The third-order valence-corrected chi connectivity index (χ3v) is 7.71. The maximum absolute atomic E-state index is 13.3. The third-order valence-electron chi connectivity index (χ3n) is 7.71. The molecule has 8 nitrogen and oxygen atoms in total. The minimum atomic E-state index is -1.26. The second-order valence-electron chi connectivity index (χ2n) is 10.3. The van der Waals surface area contributed by atoms with Crippen molar-refractivity contribution in [2.24, 2.45) is 0 Å². The molecule has 6 rings (SSSR count). The molecule has 2 aliphatic rings. The van der Waals surface area contributed by atoms with Gasteiger partial charge >= 0.3 is 5.97 Å². The SMILES string of the molecule is Cc1ccc(Nc2cc3c(cc2C)Oc2cc(N(CCO)CCO)ccc2C32OC(=O)c3ccccc32)c(C#N)c1. The molecule has 4 aromatic carbocycles. The number of aliphatic hydroxyl groups is 2. The molecule has 8 heteroatoms.